The van der Waals surface area contributed by atoms with Crippen LogP contribution in [0.5, 0.6) is 5.75 Å². The Balaban J connectivity index is 1.72. The highest BCUT2D eigenvalue weighted by Crippen LogP contribution is 2.25. The number of nitrogens with one attached hydrogen (secondary N) is 2. The molecule has 0 unspecified atom stereocenters. The second-order valence-corrected chi connectivity index (χ2v) is 7.08. The molecule has 2 aromatic carbocycles. The van der Waals surface area contributed by atoms with Crippen LogP contribution < -0.4 is 15.4 Å². The molecule has 0 spiro atoms. The van der Waals surface area contributed by atoms with Crippen molar-refractivity contribution in [2.45, 2.75) is 19.4 Å². The molecule has 0 aliphatic rings. The monoisotopic (exact) mass is 380 g/mol. The summed E-state index contributed by atoms with van der Waals surface area (Å²) in [5.74, 6) is 0.582. The van der Waals surface area contributed by atoms with Gasteiger partial charge in [-0.2, -0.15) is 0 Å². The summed E-state index contributed by atoms with van der Waals surface area (Å²) < 4.78 is 5.62. The van der Waals surface area contributed by atoms with Crippen LogP contribution in [0, 0.1) is 0 Å². The highest BCUT2D eigenvalue weighted by Gasteiger charge is 2.21. The third kappa shape index (κ3) is 5.42. The average molecular weight is 381 g/mol. The van der Waals surface area contributed by atoms with Crippen molar-refractivity contribution in [1.29, 1.82) is 0 Å². The van der Waals surface area contributed by atoms with Gasteiger partial charge in [0, 0.05) is 11.4 Å². The van der Waals surface area contributed by atoms with Crippen LogP contribution in [0.15, 0.2) is 72.1 Å². The maximum absolute atomic E-state index is 13.0. The Labute approximate surface area is 164 Å². The number of anilines is 1. The molecular formula is C22H24N2O2S. The van der Waals surface area contributed by atoms with Crippen molar-refractivity contribution >= 4 is 22.9 Å². The highest BCUT2D eigenvalue weighted by molar-refractivity contribution is 7.09. The van der Waals surface area contributed by atoms with Gasteiger partial charge >= 0.3 is 0 Å². The third-order valence-corrected chi connectivity index (χ3v) is 5.08. The number of ether oxygens (including phenoxy) is 1. The second kappa shape index (κ2) is 9.90. The lowest BCUT2D eigenvalue weighted by atomic mass is 10.1. The molecule has 27 heavy (non-hydrogen) atoms. The normalized spacial score (nSPS) is 11.7. The van der Waals surface area contributed by atoms with Crippen LogP contribution in [0.2, 0.25) is 0 Å². The summed E-state index contributed by atoms with van der Waals surface area (Å²) in [6.45, 7) is 3.20. The number of benzene rings is 2. The summed E-state index contributed by atoms with van der Waals surface area (Å²) in [5, 5.41) is 8.48. The van der Waals surface area contributed by atoms with Gasteiger partial charge in [-0.05, 0) is 42.5 Å². The van der Waals surface area contributed by atoms with Crippen molar-refractivity contribution in [2.24, 2.45) is 0 Å². The van der Waals surface area contributed by atoms with Gasteiger partial charge in [0.1, 0.15) is 11.8 Å². The van der Waals surface area contributed by atoms with Gasteiger partial charge in [0.05, 0.1) is 12.3 Å². The van der Waals surface area contributed by atoms with Gasteiger partial charge in [0.25, 0.3) is 0 Å². The SMILES string of the molecule is CCOc1ccccc1NC(=O)[C@H](NCCc1cccs1)c1ccccc1. The minimum absolute atomic E-state index is 0.0977. The lowest BCUT2D eigenvalue weighted by molar-refractivity contribution is -0.118. The van der Waals surface area contributed by atoms with Gasteiger partial charge in [0.15, 0.2) is 0 Å². The van der Waals surface area contributed by atoms with Crippen molar-refractivity contribution in [3.05, 3.63) is 82.6 Å². The molecule has 3 rings (SSSR count). The van der Waals surface area contributed by atoms with Crippen LogP contribution in [0.1, 0.15) is 23.4 Å². The van der Waals surface area contributed by atoms with Gasteiger partial charge in [-0.1, -0.05) is 48.5 Å². The molecule has 0 saturated carbocycles. The predicted molar refractivity (Wildman–Crippen MR) is 111 cm³/mol. The molecule has 0 radical (unpaired) electrons. The van der Waals surface area contributed by atoms with Gasteiger partial charge in [-0.25, -0.2) is 0 Å². The van der Waals surface area contributed by atoms with E-state index < -0.39 is 6.04 Å². The topological polar surface area (TPSA) is 50.4 Å². The Kier molecular flexibility index (Phi) is 7.02. The van der Waals surface area contributed by atoms with Crippen LogP contribution in [0.25, 0.3) is 0 Å². The van der Waals surface area contributed by atoms with E-state index in [1.165, 1.54) is 4.88 Å². The summed E-state index contributed by atoms with van der Waals surface area (Å²) >= 11 is 1.73. The Morgan fingerprint density at radius 2 is 1.81 bits per heavy atom. The Morgan fingerprint density at radius 3 is 2.56 bits per heavy atom. The first-order chi connectivity index (χ1) is 13.3. The van der Waals surface area contributed by atoms with E-state index >= 15 is 0 Å². The van der Waals surface area contributed by atoms with Crippen molar-refractivity contribution in [3.8, 4) is 5.75 Å². The maximum Gasteiger partial charge on any atom is 0.246 e. The quantitative estimate of drug-likeness (QED) is 0.568. The number of rotatable bonds is 9. The molecule has 1 atom stereocenters. The van der Waals surface area contributed by atoms with Gasteiger partial charge in [-0.15, -0.1) is 11.3 Å². The number of hydrogen-bond acceptors (Lipinski definition) is 4. The number of thiophene rings is 1. The van der Waals surface area contributed by atoms with Crippen LogP contribution in [-0.2, 0) is 11.2 Å². The number of para-hydroxylation sites is 2. The maximum atomic E-state index is 13.0. The first-order valence-corrected chi connectivity index (χ1v) is 9.99. The molecule has 140 valence electrons. The largest absolute Gasteiger partial charge is 0.492 e. The highest BCUT2D eigenvalue weighted by atomic mass is 32.1. The van der Waals surface area contributed by atoms with Crippen molar-refractivity contribution in [3.63, 3.8) is 0 Å². The molecule has 3 aromatic rings. The molecule has 5 heteroatoms. The zero-order chi connectivity index (χ0) is 18.9. The molecule has 0 aliphatic heterocycles. The van der Waals surface area contributed by atoms with Crippen LogP contribution in [0.3, 0.4) is 0 Å². The molecule has 0 saturated heterocycles. The number of carbonyl (C=O) groups is 1. The molecule has 1 aromatic heterocycles. The van der Waals surface area contributed by atoms with Crippen LogP contribution in [0.4, 0.5) is 5.69 Å². The fourth-order valence-corrected chi connectivity index (χ4v) is 3.57. The van der Waals surface area contributed by atoms with E-state index in [0.717, 1.165) is 18.5 Å². The molecular weight excluding hydrogens is 356 g/mol. The molecule has 1 heterocycles. The van der Waals surface area contributed by atoms with Gasteiger partial charge in [-0.3, -0.25) is 4.79 Å². The van der Waals surface area contributed by atoms with Crippen LogP contribution in [-0.4, -0.2) is 19.1 Å². The Hall–Kier alpha value is -2.63. The smallest absolute Gasteiger partial charge is 0.246 e. The lowest BCUT2D eigenvalue weighted by Gasteiger charge is -2.20. The number of carbonyl (C=O) groups excluding carboxylic acids is 1. The van der Waals surface area contributed by atoms with E-state index in [1.54, 1.807) is 11.3 Å². The van der Waals surface area contributed by atoms with Crippen molar-refractivity contribution in [2.75, 3.05) is 18.5 Å². The lowest BCUT2D eigenvalue weighted by Crippen LogP contribution is -2.34. The molecule has 0 aliphatic carbocycles. The summed E-state index contributed by atoms with van der Waals surface area (Å²) in [6, 6.07) is 21.0. The molecule has 2 N–H and O–H groups in total. The van der Waals surface area contributed by atoms with E-state index in [2.05, 4.69) is 22.1 Å². The van der Waals surface area contributed by atoms with E-state index in [1.807, 2.05) is 67.6 Å². The average Bonchev–Trinajstić information content (AvgIpc) is 3.21. The molecule has 1 amide bonds. The molecule has 4 nitrogen and oxygen atoms in total. The zero-order valence-electron chi connectivity index (χ0n) is 15.4. The van der Waals surface area contributed by atoms with E-state index in [0.29, 0.717) is 18.0 Å². The minimum atomic E-state index is -0.430. The summed E-state index contributed by atoms with van der Waals surface area (Å²) in [4.78, 5) is 14.3. The Bertz CT molecular complexity index is 835. The predicted octanol–water partition coefficient (Wildman–Crippen LogP) is 4.66. The zero-order valence-corrected chi connectivity index (χ0v) is 16.2. The fourth-order valence-electron chi connectivity index (χ4n) is 2.86. The number of amides is 1. The van der Waals surface area contributed by atoms with E-state index in [-0.39, 0.29) is 5.91 Å². The first kappa shape index (κ1) is 19.1. The van der Waals surface area contributed by atoms with Gasteiger partial charge < -0.3 is 15.4 Å². The molecule has 0 bridgehead atoms. The van der Waals surface area contributed by atoms with E-state index in [9.17, 15) is 4.79 Å². The summed E-state index contributed by atoms with van der Waals surface area (Å²) in [7, 11) is 0. The van der Waals surface area contributed by atoms with Crippen molar-refractivity contribution in [1.82, 2.24) is 5.32 Å². The third-order valence-electron chi connectivity index (χ3n) is 4.14. The van der Waals surface area contributed by atoms with E-state index in [4.69, 9.17) is 4.74 Å². The first-order valence-electron chi connectivity index (χ1n) is 9.11. The fraction of sp³-hybridized carbons (Fsp3) is 0.227. The minimum Gasteiger partial charge on any atom is -0.492 e. The standard InChI is InChI=1S/C22H24N2O2S/c1-2-26-20-13-7-6-12-19(20)24-22(25)21(17-9-4-3-5-10-17)23-15-14-18-11-8-16-27-18/h3-13,16,21,23H,2,14-15H2,1H3,(H,24,25)/t21-/m1/s1. The Morgan fingerprint density at radius 1 is 1.04 bits per heavy atom. The molecule has 0 fully saturated rings. The van der Waals surface area contributed by atoms with Crippen LogP contribution >= 0.6 is 11.3 Å². The van der Waals surface area contributed by atoms with Gasteiger partial charge in [0.2, 0.25) is 5.91 Å². The summed E-state index contributed by atoms with van der Waals surface area (Å²) in [5.41, 5.74) is 1.63. The second-order valence-electron chi connectivity index (χ2n) is 6.05. The van der Waals surface area contributed by atoms with Crippen molar-refractivity contribution < 1.29 is 9.53 Å². The summed E-state index contributed by atoms with van der Waals surface area (Å²) in [6.07, 6.45) is 0.893. The number of hydrogen-bond donors (Lipinski definition) is 2.